The normalized spacial score (nSPS) is 22.2. The molecule has 0 aliphatic heterocycles. The first kappa shape index (κ1) is 20.6. The molecule has 7 heteroatoms. The smallest absolute Gasteiger partial charge is 0.341 e. The molecule has 1 aromatic rings. The van der Waals surface area contributed by atoms with Crippen LogP contribution in [-0.4, -0.2) is 30.1 Å². The maximum Gasteiger partial charge on any atom is 0.341 e. The van der Waals surface area contributed by atoms with Gasteiger partial charge in [-0.2, -0.15) is 0 Å². The van der Waals surface area contributed by atoms with Crippen molar-refractivity contribution in [1.82, 2.24) is 0 Å². The van der Waals surface area contributed by atoms with E-state index in [0.29, 0.717) is 23.4 Å². The number of amides is 1. The van der Waals surface area contributed by atoms with E-state index in [1.54, 1.807) is 0 Å². The number of aliphatic carboxylic acids is 1. The zero-order valence-corrected chi connectivity index (χ0v) is 17.4. The molecule has 2 aliphatic rings. The van der Waals surface area contributed by atoms with Gasteiger partial charge in [0.25, 0.3) is 0 Å². The highest BCUT2D eigenvalue weighted by molar-refractivity contribution is 7.17. The van der Waals surface area contributed by atoms with Crippen LogP contribution in [0.15, 0.2) is 11.1 Å². The lowest BCUT2D eigenvalue weighted by Crippen LogP contribution is -2.36. The molecule has 2 N–H and O–H groups in total. The van der Waals surface area contributed by atoms with Crippen LogP contribution >= 0.6 is 11.3 Å². The van der Waals surface area contributed by atoms with Crippen molar-refractivity contribution in [3.63, 3.8) is 0 Å². The van der Waals surface area contributed by atoms with Gasteiger partial charge in [0, 0.05) is 4.88 Å². The Hall–Kier alpha value is -2.15. The van der Waals surface area contributed by atoms with Crippen LogP contribution in [0.3, 0.4) is 0 Å². The summed E-state index contributed by atoms with van der Waals surface area (Å²) in [5, 5.41) is 13.0. The highest BCUT2D eigenvalue weighted by Crippen LogP contribution is 2.40. The van der Waals surface area contributed by atoms with Gasteiger partial charge in [0.15, 0.2) is 0 Å². The average molecular weight is 406 g/mol. The van der Waals surface area contributed by atoms with Crippen LogP contribution in [0.4, 0.5) is 5.00 Å². The first-order chi connectivity index (χ1) is 13.3. The van der Waals surface area contributed by atoms with Crippen LogP contribution in [0.25, 0.3) is 0 Å². The van der Waals surface area contributed by atoms with Crippen molar-refractivity contribution in [2.24, 2.45) is 11.8 Å². The quantitative estimate of drug-likeness (QED) is 0.445. The van der Waals surface area contributed by atoms with Crippen molar-refractivity contribution in [3.05, 3.63) is 27.2 Å². The van der Waals surface area contributed by atoms with E-state index in [4.69, 9.17) is 4.74 Å². The molecule has 0 spiro atoms. The van der Waals surface area contributed by atoms with Gasteiger partial charge in [0.1, 0.15) is 5.00 Å². The number of hydrogen-bond acceptors (Lipinski definition) is 5. The molecule has 0 radical (unpaired) electrons. The summed E-state index contributed by atoms with van der Waals surface area (Å²) < 4.78 is 4.97. The largest absolute Gasteiger partial charge is 0.481 e. The first-order valence-corrected chi connectivity index (χ1v) is 10.6. The number of thiophene rings is 1. The van der Waals surface area contributed by atoms with E-state index in [0.717, 1.165) is 53.7 Å². The minimum Gasteiger partial charge on any atom is -0.481 e. The highest BCUT2D eigenvalue weighted by Gasteiger charge is 2.38. The van der Waals surface area contributed by atoms with Crippen LogP contribution in [0.1, 0.15) is 66.8 Å². The fourth-order valence-corrected chi connectivity index (χ4v) is 5.46. The van der Waals surface area contributed by atoms with Crippen molar-refractivity contribution in [2.75, 3.05) is 12.4 Å². The highest BCUT2D eigenvalue weighted by atomic mass is 32.1. The Balaban J connectivity index is 1.91. The molecule has 6 nitrogen and oxygen atoms in total. The van der Waals surface area contributed by atoms with Gasteiger partial charge in [0.2, 0.25) is 5.91 Å². The zero-order valence-electron chi connectivity index (χ0n) is 16.6. The van der Waals surface area contributed by atoms with Gasteiger partial charge in [-0.25, -0.2) is 4.79 Å². The minimum atomic E-state index is -0.956. The molecule has 1 amide bonds. The van der Waals surface area contributed by atoms with E-state index < -0.39 is 23.8 Å². The number of ether oxygens (including phenoxy) is 1. The molecule has 0 saturated carbocycles. The number of carbonyl (C=O) groups excluding carboxylic acids is 2. The number of carbonyl (C=O) groups is 3. The number of aryl methyl sites for hydroxylation is 1. The topological polar surface area (TPSA) is 92.7 Å². The molecule has 1 heterocycles. The zero-order chi connectivity index (χ0) is 20.4. The van der Waals surface area contributed by atoms with E-state index in [2.05, 4.69) is 5.32 Å². The standard InChI is InChI=1S/C21H27NO5S/c1-11-9-14(15(20(24)25)10-12(11)2)18(23)22-19-17(21(26)27-3)13-7-5-4-6-8-16(13)28-19/h14-15H,4-10H2,1-3H3,(H,22,23)(H,24,25)/t14-,15+/m0/s1. The van der Waals surface area contributed by atoms with E-state index >= 15 is 0 Å². The van der Waals surface area contributed by atoms with Gasteiger partial charge < -0.3 is 15.2 Å². The van der Waals surface area contributed by atoms with Crippen molar-refractivity contribution >= 4 is 34.2 Å². The molecule has 2 aliphatic carbocycles. The lowest BCUT2D eigenvalue weighted by atomic mass is 9.76. The number of hydrogen-bond donors (Lipinski definition) is 2. The van der Waals surface area contributed by atoms with Crippen molar-refractivity contribution in [3.8, 4) is 0 Å². The fraction of sp³-hybridized carbons (Fsp3) is 0.571. The second-order valence-corrected chi connectivity index (χ2v) is 8.87. The molecule has 0 saturated heterocycles. The van der Waals surface area contributed by atoms with E-state index in [-0.39, 0.29) is 5.91 Å². The lowest BCUT2D eigenvalue weighted by molar-refractivity contribution is -0.146. The van der Waals surface area contributed by atoms with Gasteiger partial charge in [-0.3, -0.25) is 9.59 Å². The number of esters is 1. The molecule has 0 bridgehead atoms. The van der Waals surface area contributed by atoms with E-state index in [1.807, 2.05) is 13.8 Å². The summed E-state index contributed by atoms with van der Waals surface area (Å²) in [7, 11) is 1.34. The molecule has 0 fully saturated rings. The predicted octanol–water partition coefficient (Wildman–Crippen LogP) is 4.19. The molecule has 28 heavy (non-hydrogen) atoms. The van der Waals surface area contributed by atoms with Crippen molar-refractivity contribution in [1.29, 1.82) is 0 Å². The number of nitrogens with one attached hydrogen (secondary N) is 1. The SMILES string of the molecule is COC(=O)c1c(NC(=O)[C@H]2CC(C)=C(C)C[C@H]2C(=O)O)sc2c1CCCCC2. The number of carboxylic acid groups (broad SMARTS) is 1. The minimum absolute atomic E-state index is 0.333. The number of carboxylic acids is 1. The van der Waals surface area contributed by atoms with Gasteiger partial charge >= 0.3 is 11.9 Å². The lowest BCUT2D eigenvalue weighted by Gasteiger charge is -2.29. The van der Waals surface area contributed by atoms with Gasteiger partial charge in [-0.05, 0) is 57.9 Å². The average Bonchev–Trinajstić information content (AvgIpc) is 2.83. The Morgan fingerprint density at radius 1 is 1.04 bits per heavy atom. The van der Waals surface area contributed by atoms with Crippen molar-refractivity contribution in [2.45, 2.75) is 58.8 Å². The molecule has 0 aromatic carbocycles. The Kier molecular flexibility index (Phi) is 6.23. The summed E-state index contributed by atoms with van der Waals surface area (Å²) in [6.45, 7) is 3.87. The number of methoxy groups -OCH3 is 1. The second-order valence-electron chi connectivity index (χ2n) is 7.77. The maximum atomic E-state index is 13.0. The number of fused-ring (bicyclic) bond motifs is 1. The number of anilines is 1. The Labute approximate surface area is 169 Å². The molecule has 1 aromatic heterocycles. The summed E-state index contributed by atoms with van der Waals surface area (Å²) in [6.07, 6.45) is 5.69. The summed E-state index contributed by atoms with van der Waals surface area (Å²) in [5.41, 5.74) is 3.53. The third-order valence-electron chi connectivity index (χ3n) is 5.97. The second kappa shape index (κ2) is 8.47. The first-order valence-electron chi connectivity index (χ1n) is 9.75. The molecule has 2 atom stereocenters. The predicted molar refractivity (Wildman–Crippen MR) is 108 cm³/mol. The Morgan fingerprint density at radius 2 is 1.68 bits per heavy atom. The van der Waals surface area contributed by atoms with E-state index in [1.165, 1.54) is 18.4 Å². The molecule has 0 unspecified atom stereocenters. The van der Waals surface area contributed by atoms with E-state index in [9.17, 15) is 19.5 Å². The van der Waals surface area contributed by atoms with Crippen molar-refractivity contribution < 1.29 is 24.2 Å². The molecular weight excluding hydrogens is 378 g/mol. The molecule has 152 valence electrons. The summed E-state index contributed by atoms with van der Waals surface area (Å²) in [5.74, 6) is -3.13. The third kappa shape index (κ3) is 3.99. The summed E-state index contributed by atoms with van der Waals surface area (Å²) >= 11 is 1.43. The molecular formula is C21H27NO5S. The maximum absolute atomic E-state index is 13.0. The summed E-state index contributed by atoms with van der Waals surface area (Å²) in [4.78, 5) is 38.3. The van der Waals surface area contributed by atoms with Crippen LogP contribution < -0.4 is 5.32 Å². The van der Waals surface area contributed by atoms with Crippen LogP contribution in [0, 0.1) is 11.8 Å². The Morgan fingerprint density at radius 3 is 2.32 bits per heavy atom. The monoisotopic (exact) mass is 405 g/mol. The Bertz CT molecular complexity index is 838. The number of allylic oxidation sites excluding steroid dienone is 2. The molecule has 3 rings (SSSR count). The third-order valence-corrected chi connectivity index (χ3v) is 7.18. The van der Waals surface area contributed by atoms with Crippen LogP contribution in [-0.2, 0) is 27.2 Å². The van der Waals surface area contributed by atoms with Gasteiger partial charge in [0.05, 0.1) is 24.5 Å². The van der Waals surface area contributed by atoms with Gasteiger partial charge in [-0.15, -0.1) is 11.3 Å². The van der Waals surface area contributed by atoms with Crippen LogP contribution in [0.5, 0.6) is 0 Å². The van der Waals surface area contributed by atoms with Crippen LogP contribution in [0.2, 0.25) is 0 Å². The summed E-state index contributed by atoms with van der Waals surface area (Å²) in [6, 6.07) is 0. The fourth-order valence-electron chi connectivity index (χ4n) is 4.18. The number of rotatable bonds is 4. The van der Waals surface area contributed by atoms with Gasteiger partial charge in [-0.1, -0.05) is 17.6 Å².